The number of rotatable bonds is 6. The zero-order chi connectivity index (χ0) is 13.5. The first-order chi connectivity index (χ1) is 9.33. The van der Waals surface area contributed by atoms with Gasteiger partial charge in [-0.15, -0.1) is 0 Å². The Morgan fingerprint density at radius 1 is 1.26 bits per heavy atom. The fourth-order valence-electron chi connectivity index (χ4n) is 3.25. The highest BCUT2D eigenvalue weighted by molar-refractivity contribution is 4.83. The smallest absolute Gasteiger partial charge is 0.0702 e. The molecular weight excluding hydrogens is 240 g/mol. The van der Waals surface area contributed by atoms with Crippen molar-refractivity contribution in [2.45, 2.75) is 44.8 Å². The summed E-state index contributed by atoms with van der Waals surface area (Å²) in [6, 6.07) is 0.687. The lowest BCUT2D eigenvalue weighted by Gasteiger charge is -2.42. The third-order valence-electron chi connectivity index (χ3n) is 4.48. The van der Waals surface area contributed by atoms with Crippen LogP contribution in [0.3, 0.4) is 0 Å². The van der Waals surface area contributed by atoms with Crippen molar-refractivity contribution in [1.82, 2.24) is 9.80 Å². The van der Waals surface area contributed by atoms with Crippen molar-refractivity contribution in [1.29, 1.82) is 0 Å². The lowest BCUT2D eigenvalue weighted by molar-refractivity contribution is -0.0252. The molecular formula is C15H30N2O2. The maximum Gasteiger partial charge on any atom is 0.0702 e. The summed E-state index contributed by atoms with van der Waals surface area (Å²) in [4.78, 5) is 5.19. The molecule has 0 aromatic heterocycles. The highest BCUT2D eigenvalue weighted by Gasteiger charge is 2.27. The average Bonchev–Trinajstić information content (AvgIpc) is 2.47. The summed E-state index contributed by atoms with van der Waals surface area (Å²) in [5, 5.41) is 0. The van der Waals surface area contributed by atoms with E-state index < -0.39 is 0 Å². The summed E-state index contributed by atoms with van der Waals surface area (Å²) >= 11 is 0. The second-order valence-electron chi connectivity index (χ2n) is 5.84. The fraction of sp³-hybridized carbons (Fsp3) is 1.00. The Kier molecular flexibility index (Phi) is 6.57. The van der Waals surface area contributed by atoms with Gasteiger partial charge in [0.15, 0.2) is 0 Å². The van der Waals surface area contributed by atoms with Gasteiger partial charge < -0.3 is 9.47 Å². The van der Waals surface area contributed by atoms with Gasteiger partial charge in [0.05, 0.1) is 12.7 Å². The van der Waals surface area contributed by atoms with Crippen LogP contribution >= 0.6 is 0 Å². The first-order valence-corrected chi connectivity index (χ1v) is 7.90. The predicted molar refractivity (Wildman–Crippen MR) is 77.6 cm³/mol. The lowest BCUT2D eigenvalue weighted by atomic mass is 10.1. The summed E-state index contributed by atoms with van der Waals surface area (Å²) in [5.74, 6) is 0. The predicted octanol–water partition coefficient (Wildman–Crippen LogP) is 1.60. The molecule has 2 saturated heterocycles. The van der Waals surface area contributed by atoms with Crippen LogP contribution in [0.15, 0.2) is 0 Å². The first-order valence-electron chi connectivity index (χ1n) is 7.90. The van der Waals surface area contributed by atoms with E-state index in [2.05, 4.69) is 16.7 Å². The van der Waals surface area contributed by atoms with Crippen LogP contribution in [-0.2, 0) is 9.47 Å². The van der Waals surface area contributed by atoms with Crippen molar-refractivity contribution in [2.24, 2.45) is 0 Å². The molecule has 2 rings (SSSR count). The highest BCUT2D eigenvalue weighted by Crippen LogP contribution is 2.17. The molecule has 2 aliphatic rings. The maximum absolute atomic E-state index is 5.87. The van der Waals surface area contributed by atoms with E-state index in [1.807, 2.05) is 0 Å². The van der Waals surface area contributed by atoms with Gasteiger partial charge in [-0.3, -0.25) is 9.80 Å². The van der Waals surface area contributed by atoms with Gasteiger partial charge in [-0.2, -0.15) is 0 Å². The largest absolute Gasteiger partial charge is 0.383 e. The van der Waals surface area contributed by atoms with E-state index in [1.165, 1.54) is 45.3 Å². The molecule has 112 valence electrons. The Morgan fingerprint density at radius 3 is 2.84 bits per heavy atom. The number of hydrogen-bond donors (Lipinski definition) is 0. The van der Waals surface area contributed by atoms with Crippen LogP contribution in [0.5, 0.6) is 0 Å². The molecule has 0 unspecified atom stereocenters. The van der Waals surface area contributed by atoms with Crippen LogP contribution in [0.25, 0.3) is 0 Å². The zero-order valence-corrected chi connectivity index (χ0v) is 12.6. The molecule has 19 heavy (non-hydrogen) atoms. The number of piperazine rings is 1. The van der Waals surface area contributed by atoms with Crippen molar-refractivity contribution in [3.63, 3.8) is 0 Å². The molecule has 0 aromatic carbocycles. The van der Waals surface area contributed by atoms with Crippen LogP contribution in [-0.4, -0.2) is 75.0 Å². The Balaban J connectivity index is 1.75. The van der Waals surface area contributed by atoms with Crippen LogP contribution < -0.4 is 0 Å². The lowest BCUT2D eigenvalue weighted by Crippen LogP contribution is -2.55. The number of methoxy groups -OCH3 is 1. The maximum atomic E-state index is 5.87. The SMILES string of the molecule is CC[C@@H]1CN(C[C@@H]2CCCCO2)CCN1CCOC. The molecule has 0 radical (unpaired) electrons. The molecule has 0 amide bonds. The molecule has 2 heterocycles. The van der Waals surface area contributed by atoms with Gasteiger partial charge in [0.25, 0.3) is 0 Å². The van der Waals surface area contributed by atoms with Crippen molar-refractivity contribution in [2.75, 3.05) is 53.0 Å². The van der Waals surface area contributed by atoms with E-state index in [1.54, 1.807) is 7.11 Å². The number of hydrogen-bond acceptors (Lipinski definition) is 4. The van der Waals surface area contributed by atoms with Crippen molar-refractivity contribution in [3.8, 4) is 0 Å². The van der Waals surface area contributed by atoms with Gasteiger partial charge in [0.2, 0.25) is 0 Å². The van der Waals surface area contributed by atoms with Crippen LogP contribution in [0, 0.1) is 0 Å². The third-order valence-corrected chi connectivity index (χ3v) is 4.48. The highest BCUT2D eigenvalue weighted by atomic mass is 16.5. The van der Waals surface area contributed by atoms with Gasteiger partial charge in [0.1, 0.15) is 0 Å². The second-order valence-corrected chi connectivity index (χ2v) is 5.84. The molecule has 0 bridgehead atoms. The summed E-state index contributed by atoms with van der Waals surface area (Å²) in [6.07, 6.45) is 5.55. The quantitative estimate of drug-likeness (QED) is 0.732. The summed E-state index contributed by atoms with van der Waals surface area (Å²) in [5.41, 5.74) is 0. The van der Waals surface area contributed by atoms with Gasteiger partial charge in [-0.1, -0.05) is 6.92 Å². The molecule has 2 aliphatic heterocycles. The van der Waals surface area contributed by atoms with Crippen molar-refractivity contribution >= 4 is 0 Å². The van der Waals surface area contributed by atoms with E-state index in [9.17, 15) is 0 Å². The van der Waals surface area contributed by atoms with Gasteiger partial charge in [0, 0.05) is 52.5 Å². The fourth-order valence-corrected chi connectivity index (χ4v) is 3.25. The Bertz CT molecular complexity index is 244. The average molecular weight is 270 g/mol. The summed E-state index contributed by atoms with van der Waals surface area (Å²) in [7, 11) is 1.79. The van der Waals surface area contributed by atoms with Crippen LogP contribution in [0.2, 0.25) is 0 Å². The minimum Gasteiger partial charge on any atom is -0.383 e. The number of nitrogens with zero attached hydrogens (tertiary/aromatic N) is 2. The molecule has 2 atom stereocenters. The summed E-state index contributed by atoms with van der Waals surface area (Å²) < 4.78 is 11.1. The summed E-state index contributed by atoms with van der Waals surface area (Å²) in [6.45, 7) is 9.87. The third kappa shape index (κ3) is 4.71. The van der Waals surface area contributed by atoms with Crippen molar-refractivity contribution in [3.05, 3.63) is 0 Å². The second kappa shape index (κ2) is 8.20. The molecule has 0 spiro atoms. The van der Waals surface area contributed by atoms with E-state index in [0.29, 0.717) is 12.1 Å². The van der Waals surface area contributed by atoms with Gasteiger partial charge >= 0.3 is 0 Å². The van der Waals surface area contributed by atoms with E-state index >= 15 is 0 Å². The zero-order valence-electron chi connectivity index (χ0n) is 12.6. The normalized spacial score (nSPS) is 30.6. The van der Waals surface area contributed by atoms with Gasteiger partial charge in [-0.05, 0) is 25.7 Å². The van der Waals surface area contributed by atoms with Crippen molar-refractivity contribution < 1.29 is 9.47 Å². The number of ether oxygens (including phenoxy) is 2. The minimum absolute atomic E-state index is 0.483. The molecule has 0 aromatic rings. The van der Waals surface area contributed by atoms with E-state index in [4.69, 9.17) is 9.47 Å². The Morgan fingerprint density at radius 2 is 2.16 bits per heavy atom. The van der Waals surface area contributed by atoms with E-state index in [0.717, 1.165) is 26.3 Å². The molecule has 0 N–H and O–H groups in total. The topological polar surface area (TPSA) is 24.9 Å². The monoisotopic (exact) mass is 270 g/mol. The van der Waals surface area contributed by atoms with Crippen LogP contribution in [0.1, 0.15) is 32.6 Å². The minimum atomic E-state index is 0.483. The van der Waals surface area contributed by atoms with Crippen LogP contribution in [0.4, 0.5) is 0 Å². The molecule has 2 fully saturated rings. The first kappa shape index (κ1) is 15.2. The van der Waals surface area contributed by atoms with E-state index in [-0.39, 0.29) is 0 Å². The Labute approximate surface area is 118 Å². The molecule has 0 saturated carbocycles. The molecule has 4 heteroatoms. The molecule has 0 aliphatic carbocycles. The molecule has 4 nitrogen and oxygen atoms in total. The standard InChI is InChI=1S/C15H30N2O2/c1-3-14-12-16(7-8-17(14)9-11-18-2)13-15-6-4-5-10-19-15/h14-15H,3-13H2,1-2H3/t14-,15+/m1/s1. The Hall–Kier alpha value is -0.160. The van der Waals surface area contributed by atoms with Gasteiger partial charge in [-0.25, -0.2) is 0 Å².